The fraction of sp³-hybridized carbons (Fsp3) is 0.500. The molecule has 0 bridgehead atoms. The van der Waals surface area contributed by atoms with E-state index in [1.165, 1.54) is 0 Å². The van der Waals surface area contributed by atoms with Crippen LogP contribution in [0, 0.1) is 5.92 Å². The van der Waals surface area contributed by atoms with Crippen LogP contribution in [0.3, 0.4) is 0 Å². The van der Waals surface area contributed by atoms with Crippen molar-refractivity contribution in [3.63, 3.8) is 0 Å². The summed E-state index contributed by atoms with van der Waals surface area (Å²) in [4.78, 5) is 16.3. The summed E-state index contributed by atoms with van der Waals surface area (Å²) in [5.41, 5.74) is 0.810. The molecule has 0 amide bonds. The molecule has 6 heteroatoms. The molecule has 128 valence electrons. The lowest BCUT2D eigenvalue weighted by atomic mass is 10.1. The van der Waals surface area contributed by atoms with Crippen molar-refractivity contribution in [1.29, 1.82) is 0 Å². The van der Waals surface area contributed by atoms with Gasteiger partial charge in [-0.05, 0) is 43.5 Å². The molecule has 1 aromatic carbocycles. The molecule has 0 N–H and O–H groups in total. The van der Waals surface area contributed by atoms with Crippen molar-refractivity contribution in [3.8, 4) is 17.1 Å². The van der Waals surface area contributed by atoms with Crippen molar-refractivity contribution in [2.45, 2.75) is 45.6 Å². The second kappa shape index (κ2) is 7.57. The first-order valence-electron chi connectivity index (χ1n) is 8.44. The van der Waals surface area contributed by atoms with Crippen LogP contribution in [0.25, 0.3) is 11.4 Å². The molecule has 2 aromatic rings. The van der Waals surface area contributed by atoms with Gasteiger partial charge >= 0.3 is 5.97 Å². The summed E-state index contributed by atoms with van der Waals surface area (Å²) in [6.45, 7) is 4.67. The summed E-state index contributed by atoms with van der Waals surface area (Å²) in [6.07, 6.45) is 3.61. The zero-order valence-electron chi connectivity index (χ0n) is 14.0. The predicted octanol–water partition coefficient (Wildman–Crippen LogP) is 3.93. The zero-order chi connectivity index (χ0) is 16.9. The standard InChI is InChI=1S/C18H22N2O4/c1-3-5-12(2)18(21)23-14-9-7-13(8-10-14)16-19-17(24-20-16)15-6-4-11-22-15/h7-10,12,15H,3-6,11H2,1-2H3/t12-,15+/m1/s1. The number of hydrogen-bond acceptors (Lipinski definition) is 6. The van der Waals surface area contributed by atoms with E-state index in [0.29, 0.717) is 17.5 Å². The van der Waals surface area contributed by atoms with Crippen molar-refractivity contribution >= 4 is 5.97 Å². The molecule has 2 atom stereocenters. The molecule has 0 spiro atoms. The number of carbonyl (C=O) groups is 1. The molecule has 24 heavy (non-hydrogen) atoms. The number of rotatable bonds is 6. The van der Waals surface area contributed by atoms with Crippen molar-refractivity contribution in [2.75, 3.05) is 6.61 Å². The van der Waals surface area contributed by atoms with Crippen LogP contribution in [0.5, 0.6) is 5.75 Å². The number of ether oxygens (including phenoxy) is 2. The third-order valence-electron chi connectivity index (χ3n) is 4.10. The van der Waals surface area contributed by atoms with Gasteiger partial charge in [0.2, 0.25) is 5.82 Å². The molecular formula is C18H22N2O4. The molecule has 1 aromatic heterocycles. The normalized spacial score (nSPS) is 18.5. The van der Waals surface area contributed by atoms with E-state index in [0.717, 1.165) is 37.9 Å². The van der Waals surface area contributed by atoms with Gasteiger partial charge in [0.1, 0.15) is 11.9 Å². The molecule has 2 heterocycles. The lowest BCUT2D eigenvalue weighted by Crippen LogP contribution is -2.17. The number of aromatic nitrogens is 2. The Balaban J connectivity index is 1.65. The lowest BCUT2D eigenvalue weighted by molar-refractivity contribution is -0.138. The maximum absolute atomic E-state index is 11.9. The Kier molecular flexibility index (Phi) is 5.25. The third kappa shape index (κ3) is 3.82. The lowest BCUT2D eigenvalue weighted by Gasteiger charge is -2.10. The first-order chi connectivity index (χ1) is 11.7. The van der Waals surface area contributed by atoms with Crippen LogP contribution < -0.4 is 4.74 Å². The van der Waals surface area contributed by atoms with Crippen LogP contribution in [0.15, 0.2) is 28.8 Å². The van der Waals surface area contributed by atoms with Gasteiger partial charge < -0.3 is 14.0 Å². The highest BCUT2D eigenvalue weighted by Crippen LogP contribution is 2.29. The van der Waals surface area contributed by atoms with E-state index in [1.807, 2.05) is 26.0 Å². The fourth-order valence-corrected chi connectivity index (χ4v) is 2.70. The van der Waals surface area contributed by atoms with E-state index >= 15 is 0 Å². The summed E-state index contributed by atoms with van der Waals surface area (Å²) in [5.74, 6) is 1.25. The molecular weight excluding hydrogens is 308 g/mol. The molecule has 0 saturated carbocycles. The van der Waals surface area contributed by atoms with Gasteiger partial charge in [-0.2, -0.15) is 4.98 Å². The van der Waals surface area contributed by atoms with Gasteiger partial charge in [-0.3, -0.25) is 4.79 Å². The quantitative estimate of drug-likeness (QED) is 0.590. The van der Waals surface area contributed by atoms with E-state index in [1.54, 1.807) is 12.1 Å². The average Bonchev–Trinajstić information content (AvgIpc) is 3.27. The molecule has 1 fully saturated rings. The summed E-state index contributed by atoms with van der Waals surface area (Å²) >= 11 is 0. The van der Waals surface area contributed by atoms with E-state index in [2.05, 4.69) is 10.1 Å². The van der Waals surface area contributed by atoms with Crippen LogP contribution in [0.2, 0.25) is 0 Å². The molecule has 3 rings (SSSR count). The molecule has 1 aliphatic rings. The van der Waals surface area contributed by atoms with Gasteiger partial charge in [0.15, 0.2) is 0 Å². The highest BCUT2D eigenvalue weighted by molar-refractivity contribution is 5.74. The number of carbonyl (C=O) groups excluding carboxylic acids is 1. The Morgan fingerprint density at radius 1 is 1.38 bits per heavy atom. The van der Waals surface area contributed by atoms with E-state index in [9.17, 15) is 4.79 Å². The second-order valence-electron chi connectivity index (χ2n) is 6.09. The molecule has 0 unspecified atom stereocenters. The summed E-state index contributed by atoms with van der Waals surface area (Å²) in [6, 6.07) is 7.12. The van der Waals surface area contributed by atoms with E-state index in [-0.39, 0.29) is 18.0 Å². The van der Waals surface area contributed by atoms with Gasteiger partial charge in [-0.15, -0.1) is 0 Å². The van der Waals surface area contributed by atoms with Gasteiger partial charge in [0.05, 0.1) is 5.92 Å². The minimum Gasteiger partial charge on any atom is -0.426 e. The van der Waals surface area contributed by atoms with Crippen LogP contribution in [0.1, 0.15) is 51.5 Å². The number of benzene rings is 1. The van der Waals surface area contributed by atoms with Crippen LogP contribution >= 0.6 is 0 Å². The Labute approximate surface area is 141 Å². The van der Waals surface area contributed by atoms with Crippen molar-refractivity contribution in [2.24, 2.45) is 5.92 Å². The first-order valence-corrected chi connectivity index (χ1v) is 8.44. The smallest absolute Gasteiger partial charge is 0.314 e. The predicted molar refractivity (Wildman–Crippen MR) is 87.4 cm³/mol. The minimum atomic E-state index is -0.204. The first kappa shape index (κ1) is 16.6. The third-order valence-corrected chi connectivity index (χ3v) is 4.10. The SMILES string of the molecule is CCC[C@@H](C)C(=O)Oc1ccc(-c2noc([C@@H]3CCCO3)n2)cc1. The maximum atomic E-state index is 11.9. The fourth-order valence-electron chi connectivity index (χ4n) is 2.70. The summed E-state index contributed by atoms with van der Waals surface area (Å²) in [7, 11) is 0. The van der Waals surface area contributed by atoms with Gasteiger partial charge in [0.25, 0.3) is 5.89 Å². The number of hydrogen-bond donors (Lipinski definition) is 0. The topological polar surface area (TPSA) is 74.5 Å². The van der Waals surface area contributed by atoms with Crippen LogP contribution in [0.4, 0.5) is 0 Å². The Morgan fingerprint density at radius 2 is 2.17 bits per heavy atom. The second-order valence-corrected chi connectivity index (χ2v) is 6.09. The maximum Gasteiger partial charge on any atom is 0.314 e. The van der Waals surface area contributed by atoms with Gasteiger partial charge in [-0.1, -0.05) is 25.4 Å². The molecule has 0 radical (unpaired) electrons. The van der Waals surface area contributed by atoms with E-state index < -0.39 is 0 Å². The summed E-state index contributed by atoms with van der Waals surface area (Å²) < 4.78 is 16.2. The van der Waals surface area contributed by atoms with Crippen LogP contribution in [-0.2, 0) is 9.53 Å². The Bertz CT molecular complexity index is 675. The number of esters is 1. The van der Waals surface area contributed by atoms with Crippen molar-refractivity contribution in [1.82, 2.24) is 10.1 Å². The average molecular weight is 330 g/mol. The van der Waals surface area contributed by atoms with Crippen molar-refractivity contribution in [3.05, 3.63) is 30.2 Å². The van der Waals surface area contributed by atoms with E-state index in [4.69, 9.17) is 14.0 Å². The highest BCUT2D eigenvalue weighted by atomic mass is 16.5. The molecule has 0 aliphatic carbocycles. The highest BCUT2D eigenvalue weighted by Gasteiger charge is 2.24. The zero-order valence-corrected chi connectivity index (χ0v) is 14.0. The Morgan fingerprint density at radius 3 is 2.83 bits per heavy atom. The molecule has 6 nitrogen and oxygen atoms in total. The minimum absolute atomic E-state index is 0.0912. The van der Waals surface area contributed by atoms with Crippen molar-refractivity contribution < 1.29 is 18.8 Å². The molecule has 1 saturated heterocycles. The van der Waals surface area contributed by atoms with Gasteiger partial charge in [-0.25, -0.2) is 0 Å². The van der Waals surface area contributed by atoms with Gasteiger partial charge in [0, 0.05) is 12.2 Å². The number of nitrogens with zero attached hydrogens (tertiary/aromatic N) is 2. The Hall–Kier alpha value is -2.21. The van der Waals surface area contributed by atoms with Crippen LogP contribution in [-0.4, -0.2) is 22.7 Å². The largest absolute Gasteiger partial charge is 0.426 e. The molecule has 1 aliphatic heterocycles. The summed E-state index contributed by atoms with van der Waals surface area (Å²) in [5, 5.41) is 4.00. The monoisotopic (exact) mass is 330 g/mol.